The first-order valence-corrected chi connectivity index (χ1v) is 9.46. The van der Waals surface area contributed by atoms with Crippen molar-refractivity contribution in [2.75, 3.05) is 13.4 Å². The molecule has 0 saturated carbocycles. The van der Waals surface area contributed by atoms with Crippen LogP contribution < -0.4 is 0 Å². The van der Waals surface area contributed by atoms with Crippen LogP contribution in [0.25, 0.3) is 0 Å². The Morgan fingerprint density at radius 3 is 2.24 bits per heavy atom. The number of rotatable bonds is 3. The molecule has 0 fully saturated rings. The maximum atomic E-state index is 12.9. The molecule has 130 valence electrons. The van der Waals surface area contributed by atoms with Crippen LogP contribution in [0.15, 0.2) is 54.6 Å². The van der Waals surface area contributed by atoms with Gasteiger partial charge in [-0.05, 0) is 17.2 Å². The highest BCUT2D eigenvalue weighted by Gasteiger charge is 2.48. The molecule has 2 aromatic rings. The Kier molecular flexibility index (Phi) is 4.34. The third-order valence-electron chi connectivity index (χ3n) is 4.25. The Bertz CT molecular complexity index is 923. The molecule has 3 rings (SSSR count). The van der Waals surface area contributed by atoms with E-state index in [1.807, 2.05) is 0 Å². The summed E-state index contributed by atoms with van der Waals surface area (Å²) in [6, 6.07) is 14.2. The van der Waals surface area contributed by atoms with Crippen molar-refractivity contribution in [1.82, 2.24) is 4.31 Å². The van der Waals surface area contributed by atoms with Gasteiger partial charge in [-0.3, -0.25) is 9.59 Å². The summed E-state index contributed by atoms with van der Waals surface area (Å²) in [4.78, 5) is 25.4. The molecule has 0 bridgehead atoms. The first-order valence-electron chi connectivity index (χ1n) is 7.61. The van der Waals surface area contributed by atoms with E-state index in [-0.39, 0.29) is 5.56 Å². The van der Waals surface area contributed by atoms with Gasteiger partial charge in [0.15, 0.2) is 0 Å². The van der Waals surface area contributed by atoms with Gasteiger partial charge in [-0.1, -0.05) is 48.5 Å². The van der Waals surface area contributed by atoms with Crippen LogP contribution in [-0.4, -0.2) is 38.0 Å². The Morgan fingerprint density at radius 2 is 1.64 bits per heavy atom. The maximum Gasteiger partial charge on any atom is 0.315 e. The molecule has 25 heavy (non-hydrogen) atoms. The normalized spacial score (nSPS) is 20.1. The van der Waals surface area contributed by atoms with Gasteiger partial charge in [-0.2, -0.15) is 0 Å². The van der Waals surface area contributed by atoms with Gasteiger partial charge < -0.3 is 4.74 Å². The fourth-order valence-corrected chi connectivity index (χ4v) is 4.29. The van der Waals surface area contributed by atoms with Crippen LogP contribution in [-0.2, 0) is 19.6 Å². The second kappa shape index (κ2) is 6.33. The zero-order chi connectivity index (χ0) is 18.2. The first kappa shape index (κ1) is 17.2. The minimum atomic E-state index is -3.91. The summed E-state index contributed by atoms with van der Waals surface area (Å²) in [5.74, 6) is -2.18. The number of sulfonamides is 1. The zero-order valence-electron chi connectivity index (χ0n) is 13.7. The quantitative estimate of drug-likeness (QED) is 0.784. The highest BCUT2D eigenvalue weighted by atomic mass is 32.2. The number of fused-ring (bicyclic) bond motifs is 1. The number of nitrogens with zero attached hydrogens (tertiary/aromatic N) is 1. The van der Waals surface area contributed by atoms with Gasteiger partial charge in [-0.25, -0.2) is 12.7 Å². The van der Waals surface area contributed by atoms with E-state index in [4.69, 9.17) is 4.74 Å². The van der Waals surface area contributed by atoms with Crippen molar-refractivity contribution in [1.29, 1.82) is 0 Å². The first-order chi connectivity index (χ1) is 11.9. The van der Waals surface area contributed by atoms with Gasteiger partial charge in [0.1, 0.15) is 5.92 Å². The number of benzene rings is 2. The second-order valence-corrected chi connectivity index (χ2v) is 7.67. The van der Waals surface area contributed by atoms with Crippen molar-refractivity contribution in [3.05, 3.63) is 71.3 Å². The molecule has 0 aromatic heterocycles. The lowest BCUT2D eigenvalue weighted by molar-refractivity contribution is -0.143. The fraction of sp³-hybridized carbons (Fsp3) is 0.222. The Morgan fingerprint density at radius 1 is 1.04 bits per heavy atom. The van der Waals surface area contributed by atoms with Gasteiger partial charge in [-0.15, -0.1) is 0 Å². The molecule has 7 heteroatoms. The summed E-state index contributed by atoms with van der Waals surface area (Å²) in [6.45, 7) is 0. The molecular weight excluding hydrogens is 342 g/mol. The van der Waals surface area contributed by atoms with Gasteiger partial charge in [0.05, 0.1) is 19.4 Å². The summed E-state index contributed by atoms with van der Waals surface area (Å²) < 4.78 is 30.5. The zero-order valence-corrected chi connectivity index (χ0v) is 14.6. The van der Waals surface area contributed by atoms with Crippen molar-refractivity contribution in [3.63, 3.8) is 0 Å². The molecule has 1 aliphatic rings. The summed E-state index contributed by atoms with van der Waals surface area (Å²) in [6.07, 6.45) is 0.961. The summed E-state index contributed by atoms with van der Waals surface area (Å²) in [7, 11) is -2.67. The third kappa shape index (κ3) is 2.91. The van der Waals surface area contributed by atoms with E-state index in [1.54, 1.807) is 48.5 Å². The van der Waals surface area contributed by atoms with Gasteiger partial charge >= 0.3 is 5.97 Å². The predicted molar refractivity (Wildman–Crippen MR) is 91.4 cm³/mol. The van der Waals surface area contributed by atoms with E-state index < -0.39 is 33.9 Å². The number of hydrogen-bond acceptors (Lipinski definition) is 5. The van der Waals surface area contributed by atoms with Crippen LogP contribution >= 0.6 is 0 Å². The van der Waals surface area contributed by atoms with Crippen LogP contribution in [0.2, 0.25) is 0 Å². The number of amides is 1. The van der Waals surface area contributed by atoms with Crippen LogP contribution in [0, 0.1) is 0 Å². The number of carbonyl (C=O) groups is 2. The van der Waals surface area contributed by atoms with E-state index in [2.05, 4.69) is 0 Å². The molecule has 0 aliphatic carbocycles. The predicted octanol–water partition coefficient (Wildman–Crippen LogP) is 2.10. The minimum absolute atomic E-state index is 0.190. The highest BCUT2D eigenvalue weighted by Crippen LogP contribution is 2.44. The average Bonchev–Trinajstić information content (AvgIpc) is 2.60. The van der Waals surface area contributed by atoms with Crippen LogP contribution in [0.1, 0.15) is 33.4 Å². The van der Waals surface area contributed by atoms with Crippen LogP contribution in [0.3, 0.4) is 0 Å². The van der Waals surface area contributed by atoms with Gasteiger partial charge in [0.2, 0.25) is 10.0 Å². The van der Waals surface area contributed by atoms with Crippen molar-refractivity contribution in [2.45, 2.75) is 12.0 Å². The van der Waals surface area contributed by atoms with Crippen LogP contribution in [0.5, 0.6) is 0 Å². The van der Waals surface area contributed by atoms with E-state index in [9.17, 15) is 18.0 Å². The largest absolute Gasteiger partial charge is 0.468 e. The van der Waals surface area contributed by atoms with Gasteiger partial charge in [0.25, 0.3) is 5.91 Å². The molecule has 1 aliphatic heterocycles. The molecule has 6 nitrogen and oxygen atoms in total. The Balaban J connectivity index is 2.33. The molecule has 1 heterocycles. The van der Waals surface area contributed by atoms with Crippen molar-refractivity contribution in [2.24, 2.45) is 0 Å². The standard InChI is InChI=1S/C18H17NO5S/c1-24-18(21)15-13-10-6-7-11-14(13)17(20)19(25(2,22)23)16(15)12-8-4-3-5-9-12/h3-11,15-16H,1-2H3/t15-,16+/m0/s1. The molecule has 2 atom stereocenters. The molecule has 0 spiro atoms. The molecule has 0 unspecified atom stereocenters. The lowest BCUT2D eigenvalue weighted by Crippen LogP contribution is -2.47. The molecule has 1 amide bonds. The van der Waals surface area contributed by atoms with Crippen molar-refractivity contribution >= 4 is 21.9 Å². The summed E-state index contributed by atoms with van der Waals surface area (Å²) in [5, 5.41) is 0. The number of esters is 1. The SMILES string of the molecule is COC(=O)[C@H]1c2ccccc2C(=O)N(S(C)(=O)=O)[C@@H]1c1ccccc1. The Labute approximate surface area is 146 Å². The van der Waals surface area contributed by atoms with E-state index in [1.165, 1.54) is 13.2 Å². The molecule has 0 N–H and O–H groups in total. The second-order valence-electron chi connectivity index (χ2n) is 5.81. The third-order valence-corrected chi connectivity index (χ3v) is 5.36. The highest BCUT2D eigenvalue weighted by molar-refractivity contribution is 7.88. The van der Waals surface area contributed by atoms with E-state index in [0.717, 1.165) is 10.6 Å². The van der Waals surface area contributed by atoms with Crippen molar-refractivity contribution < 1.29 is 22.7 Å². The average molecular weight is 359 g/mol. The lowest BCUT2D eigenvalue weighted by Gasteiger charge is -2.39. The molecule has 0 saturated heterocycles. The number of carbonyl (C=O) groups excluding carboxylic acids is 2. The molecule has 0 radical (unpaired) electrons. The number of methoxy groups -OCH3 is 1. The molecule has 2 aromatic carbocycles. The maximum absolute atomic E-state index is 12.9. The Hall–Kier alpha value is -2.67. The lowest BCUT2D eigenvalue weighted by atomic mass is 9.81. The van der Waals surface area contributed by atoms with E-state index in [0.29, 0.717) is 11.1 Å². The van der Waals surface area contributed by atoms with Crippen LogP contribution in [0.4, 0.5) is 0 Å². The van der Waals surface area contributed by atoms with E-state index >= 15 is 0 Å². The number of ether oxygens (including phenoxy) is 1. The molecular formula is C18H17NO5S. The minimum Gasteiger partial charge on any atom is -0.468 e. The van der Waals surface area contributed by atoms with Gasteiger partial charge in [0, 0.05) is 5.56 Å². The monoisotopic (exact) mass is 359 g/mol. The van der Waals surface area contributed by atoms with Crippen molar-refractivity contribution in [3.8, 4) is 0 Å². The fourth-order valence-electron chi connectivity index (χ4n) is 3.23. The summed E-state index contributed by atoms with van der Waals surface area (Å²) >= 11 is 0. The smallest absolute Gasteiger partial charge is 0.315 e. The number of hydrogen-bond donors (Lipinski definition) is 0. The summed E-state index contributed by atoms with van der Waals surface area (Å²) in [5.41, 5.74) is 1.20. The topological polar surface area (TPSA) is 80.8 Å².